The zero-order chi connectivity index (χ0) is 27.8. The molecule has 2 aliphatic carbocycles. The zero-order valence-corrected chi connectivity index (χ0v) is 23.2. The minimum Gasteiger partial charge on any atom is -0.462 e. The van der Waals surface area contributed by atoms with E-state index in [1.54, 1.807) is 6.92 Å². The lowest BCUT2D eigenvalue weighted by Crippen LogP contribution is -2.66. The SMILES string of the molecule is CCCC(=O)O[C@H]1CC/C(C)=C\[C@@H]2OC(=O)[C@]3(C)O[C@@]23C(OC(C)=O)[C@H]2[C@@]3(C)O[C@H]3C[C@H](OC(C)=O)[C@]12C. The van der Waals surface area contributed by atoms with Gasteiger partial charge in [-0.15, -0.1) is 0 Å². The molecule has 10 atom stereocenters. The average molecular weight is 535 g/mol. The van der Waals surface area contributed by atoms with Gasteiger partial charge in [0, 0.05) is 32.6 Å². The van der Waals surface area contributed by atoms with Gasteiger partial charge in [-0.2, -0.15) is 0 Å². The summed E-state index contributed by atoms with van der Waals surface area (Å²) in [4.78, 5) is 50.9. The summed E-state index contributed by atoms with van der Waals surface area (Å²) >= 11 is 0. The standard InChI is InChI=1S/C28H38O10/c1-8-9-21(31)35-17-11-10-14(2)12-20-28(27(7,38-28)24(32)36-20)23(34-16(4)30)22-25(17,5)18(33-15(3)29)13-19-26(22,6)37-19/h12,17-20,22-23H,8-11,13H2,1-7H3/b14-12-/t17-,18-,19-,20-,22+,23?,25-,26-,27-,28+/m0/s1. The molecule has 10 nitrogen and oxygen atoms in total. The smallest absolute Gasteiger partial charge is 0.342 e. The fourth-order valence-electron chi connectivity index (χ4n) is 7.51. The highest BCUT2D eigenvalue weighted by atomic mass is 16.7. The van der Waals surface area contributed by atoms with E-state index < -0.39 is 70.5 Å². The van der Waals surface area contributed by atoms with Crippen LogP contribution in [0.25, 0.3) is 0 Å². The summed E-state index contributed by atoms with van der Waals surface area (Å²) < 4.78 is 36.5. The molecule has 0 aromatic heterocycles. The molecule has 38 heavy (non-hydrogen) atoms. The van der Waals surface area contributed by atoms with Gasteiger partial charge in [0.2, 0.25) is 0 Å². The first-order valence-corrected chi connectivity index (χ1v) is 13.5. The van der Waals surface area contributed by atoms with Crippen LogP contribution in [0.4, 0.5) is 0 Å². The van der Waals surface area contributed by atoms with Gasteiger partial charge in [-0.25, -0.2) is 4.79 Å². The maximum atomic E-state index is 13.0. The molecule has 0 aromatic rings. The Labute approximate surface area is 222 Å². The molecule has 0 amide bonds. The molecule has 1 spiro atoms. The van der Waals surface area contributed by atoms with Gasteiger partial charge < -0.3 is 28.4 Å². The van der Waals surface area contributed by atoms with Crippen molar-refractivity contribution in [3.8, 4) is 0 Å². The number of hydrogen-bond acceptors (Lipinski definition) is 10. The predicted molar refractivity (Wildman–Crippen MR) is 130 cm³/mol. The molecule has 210 valence electrons. The van der Waals surface area contributed by atoms with E-state index in [2.05, 4.69) is 0 Å². The average Bonchev–Trinajstić information content (AvgIpc) is 3.64. The Kier molecular flexibility index (Phi) is 6.26. The number of hydrogen-bond donors (Lipinski definition) is 0. The Bertz CT molecular complexity index is 1100. The van der Waals surface area contributed by atoms with Crippen LogP contribution in [0.15, 0.2) is 11.6 Å². The second kappa shape index (κ2) is 8.78. The monoisotopic (exact) mass is 534 g/mol. The maximum Gasteiger partial charge on any atom is 0.342 e. The largest absolute Gasteiger partial charge is 0.462 e. The third-order valence-electron chi connectivity index (χ3n) is 9.50. The van der Waals surface area contributed by atoms with E-state index in [0.29, 0.717) is 25.7 Å². The third kappa shape index (κ3) is 3.73. The summed E-state index contributed by atoms with van der Waals surface area (Å²) in [7, 11) is 0. The molecule has 0 aromatic carbocycles. The van der Waals surface area contributed by atoms with Gasteiger partial charge in [-0.05, 0) is 46.1 Å². The molecular formula is C28H38O10. The van der Waals surface area contributed by atoms with Gasteiger partial charge in [0.1, 0.15) is 18.3 Å². The summed E-state index contributed by atoms with van der Waals surface area (Å²) in [6, 6.07) is 0. The zero-order valence-electron chi connectivity index (χ0n) is 23.2. The van der Waals surface area contributed by atoms with E-state index in [0.717, 1.165) is 5.57 Å². The summed E-state index contributed by atoms with van der Waals surface area (Å²) in [5.74, 6) is -2.57. The van der Waals surface area contributed by atoms with Gasteiger partial charge in [0.15, 0.2) is 17.3 Å². The number of epoxide rings is 2. The van der Waals surface area contributed by atoms with Crippen LogP contribution in [0.2, 0.25) is 0 Å². The van der Waals surface area contributed by atoms with Crippen molar-refractivity contribution in [2.45, 2.75) is 128 Å². The lowest BCUT2D eigenvalue weighted by atomic mass is 9.53. The van der Waals surface area contributed by atoms with Crippen LogP contribution in [0, 0.1) is 11.3 Å². The highest BCUT2D eigenvalue weighted by Crippen LogP contribution is 2.69. The molecular weight excluding hydrogens is 496 g/mol. The molecule has 5 rings (SSSR count). The number of allylic oxidation sites excluding steroid dienone is 1. The molecule has 3 heterocycles. The van der Waals surface area contributed by atoms with Crippen LogP contribution in [0.5, 0.6) is 0 Å². The topological polar surface area (TPSA) is 130 Å². The lowest BCUT2D eigenvalue weighted by molar-refractivity contribution is -0.213. The van der Waals surface area contributed by atoms with E-state index in [1.165, 1.54) is 13.8 Å². The highest BCUT2D eigenvalue weighted by Gasteiger charge is 2.89. The van der Waals surface area contributed by atoms with E-state index >= 15 is 0 Å². The van der Waals surface area contributed by atoms with Crippen LogP contribution in [0.1, 0.15) is 80.6 Å². The van der Waals surface area contributed by atoms with Crippen LogP contribution >= 0.6 is 0 Å². The first kappa shape index (κ1) is 27.1. The quantitative estimate of drug-likeness (QED) is 0.225. The molecule has 10 heteroatoms. The Balaban J connectivity index is 1.73. The molecule has 1 saturated carbocycles. The Morgan fingerprint density at radius 1 is 1.05 bits per heavy atom. The van der Waals surface area contributed by atoms with Crippen LogP contribution < -0.4 is 0 Å². The lowest BCUT2D eigenvalue weighted by Gasteiger charge is -2.54. The number of ether oxygens (including phenoxy) is 6. The number of carbonyl (C=O) groups is 4. The van der Waals surface area contributed by atoms with Gasteiger partial charge in [0.05, 0.1) is 17.1 Å². The summed E-state index contributed by atoms with van der Waals surface area (Å²) in [5.41, 5.74) is -3.59. The molecule has 0 bridgehead atoms. The first-order chi connectivity index (χ1) is 17.7. The van der Waals surface area contributed by atoms with E-state index in [-0.39, 0.29) is 18.5 Å². The van der Waals surface area contributed by atoms with Crippen molar-refractivity contribution in [3.63, 3.8) is 0 Å². The minimum atomic E-state index is -1.34. The van der Waals surface area contributed by atoms with Gasteiger partial charge >= 0.3 is 23.9 Å². The van der Waals surface area contributed by atoms with Crippen molar-refractivity contribution in [2.75, 3.05) is 0 Å². The summed E-state index contributed by atoms with van der Waals surface area (Å²) in [6.07, 6.45) is 0.583. The van der Waals surface area contributed by atoms with Crippen molar-refractivity contribution in [1.29, 1.82) is 0 Å². The fraction of sp³-hybridized carbons (Fsp3) is 0.786. The van der Waals surface area contributed by atoms with Crippen LogP contribution in [-0.4, -0.2) is 71.2 Å². The molecule has 4 fully saturated rings. The Morgan fingerprint density at radius 2 is 1.74 bits per heavy atom. The van der Waals surface area contributed by atoms with Gasteiger partial charge in [-0.3, -0.25) is 14.4 Å². The van der Waals surface area contributed by atoms with E-state index in [4.69, 9.17) is 28.4 Å². The highest BCUT2D eigenvalue weighted by molar-refractivity contribution is 5.89. The first-order valence-electron chi connectivity index (χ1n) is 13.5. The summed E-state index contributed by atoms with van der Waals surface area (Å²) in [5, 5.41) is 0. The maximum absolute atomic E-state index is 13.0. The number of esters is 4. The van der Waals surface area contributed by atoms with Crippen LogP contribution in [0.3, 0.4) is 0 Å². The van der Waals surface area contributed by atoms with E-state index in [9.17, 15) is 19.2 Å². The van der Waals surface area contributed by atoms with Gasteiger partial charge in [-0.1, -0.05) is 19.4 Å². The second-order valence-electron chi connectivity index (χ2n) is 12.0. The molecule has 3 saturated heterocycles. The van der Waals surface area contributed by atoms with Gasteiger partial charge in [0.25, 0.3) is 0 Å². The minimum absolute atomic E-state index is 0.240. The summed E-state index contributed by atoms with van der Waals surface area (Å²) in [6.45, 7) is 12.0. The van der Waals surface area contributed by atoms with Crippen molar-refractivity contribution < 1.29 is 47.6 Å². The van der Waals surface area contributed by atoms with Crippen molar-refractivity contribution in [1.82, 2.24) is 0 Å². The molecule has 1 unspecified atom stereocenters. The second-order valence-corrected chi connectivity index (χ2v) is 12.0. The van der Waals surface area contributed by atoms with Crippen LogP contribution in [-0.2, 0) is 47.6 Å². The predicted octanol–water partition coefficient (Wildman–Crippen LogP) is 2.94. The number of carbonyl (C=O) groups excluding carboxylic acids is 4. The fourth-order valence-corrected chi connectivity index (χ4v) is 7.51. The third-order valence-corrected chi connectivity index (χ3v) is 9.50. The number of fused-ring (bicyclic) bond motifs is 3. The number of rotatable bonds is 5. The molecule has 3 aliphatic heterocycles. The molecule has 0 N–H and O–H groups in total. The Morgan fingerprint density at radius 3 is 2.34 bits per heavy atom. The van der Waals surface area contributed by atoms with Crippen molar-refractivity contribution >= 4 is 23.9 Å². The van der Waals surface area contributed by atoms with Crippen molar-refractivity contribution in [3.05, 3.63) is 11.6 Å². The van der Waals surface area contributed by atoms with E-state index in [1.807, 2.05) is 33.8 Å². The molecule has 0 radical (unpaired) electrons. The Hall–Kier alpha value is -2.46. The molecule has 5 aliphatic rings. The van der Waals surface area contributed by atoms with Crippen molar-refractivity contribution in [2.24, 2.45) is 11.3 Å². The normalized spacial score (nSPS) is 48.0.